The van der Waals surface area contributed by atoms with Crippen LogP contribution in [0.2, 0.25) is 0 Å². The van der Waals surface area contributed by atoms with E-state index in [-0.39, 0.29) is 18.1 Å². The van der Waals surface area contributed by atoms with E-state index in [0.717, 1.165) is 16.0 Å². The van der Waals surface area contributed by atoms with Crippen LogP contribution in [0.25, 0.3) is 0 Å². The van der Waals surface area contributed by atoms with E-state index < -0.39 is 29.3 Å². The second-order valence-electron chi connectivity index (χ2n) is 8.20. The highest BCUT2D eigenvalue weighted by atomic mass is 32.2. The number of morpholine rings is 1. The van der Waals surface area contributed by atoms with Crippen molar-refractivity contribution in [2.75, 3.05) is 24.8 Å². The van der Waals surface area contributed by atoms with Gasteiger partial charge >= 0.3 is 0 Å². The number of carbonyl (C=O) groups excluding carboxylic acids is 1. The van der Waals surface area contributed by atoms with E-state index in [1.807, 2.05) is 35.3 Å². The van der Waals surface area contributed by atoms with Gasteiger partial charge in [0, 0.05) is 35.0 Å². The number of hydrogen-bond acceptors (Lipinski definition) is 6. The second-order valence-corrected chi connectivity index (χ2v) is 9.21. The topological polar surface area (TPSA) is 75.0 Å². The molecule has 2 aromatic carbocycles. The van der Waals surface area contributed by atoms with Crippen molar-refractivity contribution in [3.05, 3.63) is 93.2 Å². The number of carbonyl (C=O) groups is 1. The molecule has 0 aliphatic carbocycles. The van der Waals surface area contributed by atoms with Crippen molar-refractivity contribution in [2.45, 2.75) is 22.9 Å². The molecular formula is C24H20FN3O4S. The predicted octanol–water partition coefficient (Wildman–Crippen LogP) is 2.84. The van der Waals surface area contributed by atoms with Gasteiger partial charge in [-0.3, -0.25) is 19.3 Å². The van der Waals surface area contributed by atoms with Crippen LogP contribution in [0.5, 0.6) is 5.75 Å². The van der Waals surface area contributed by atoms with Crippen molar-refractivity contribution >= 4 is 17.7 Å². The minimum absolute atomic E-state index is 0.118. The number of benzene rings is 2. The van der Waals surface area contributed by atoms with Crippen LogP contribution in [0.3, 0.4) is 0 Å². The summed E-state index contributed by atoms with van der Waals surface area (Å²) in [6.07, 6.45) is 0.928. The predicted molar refractivity (Wildman–Crippen MR) is 120 cm³/mol. The molecule has 7 nitrogen and oxygen atoms in total. The zero-order valence-corrected chi connectivity index (χ0v) is 18.3. The van der Waals surface area contributed by atoms with Gasteiger partial charge in [0.05, 0.1) is 13.2 Å². The average molecular weight is 466 g/mol. The van der Waals surface area contributed by atoms with E-state index in [1.165, 1.54) is 23.0 Å². The molecule has 0 saturated carbocycles. The maximum absolute atomic E-state index is 15.5. The number of pyridine rings is 1. The fraction of sp³-hybridized carbons (Fsp3) is 0.250. The SMILES string of the molecule is O=C1c2c(O)c(=O)ccn2N([C@@H]2c3ccccc3SCc3cccc(F)c32)C2COCCN12. The van der Waals surface area contributed by atoms with Gasteiger partial charge in [-0.2, -0.15) is 0 Å². The highest BCUT2D eigenvalue weighted by Crippen LogP contribution is 2.45. The Morgan fingerprint density at radius 2 is 1.94 bits per heavy atom. The lowest BCUT2D eigenvalue weighted by molar-refractivity contribution is -0.0198. The van der Waals surface area contributed by atoms with Crippen molar-refractivity contribution in [1.29, 1.82) is 0 Å². The Morgan fingerprint density at radius 1 is 1.09 bits per heavy atom. The van der Waals surface area contributed by atoms with Crippen LogP contribution < -0.4 is 10.4 Å². The molecule has 1 aromatic heterocycles. The van der Waals surface area contributed by atoms with Crippen LogP contribution in [-0.2, 0) is 10.5 Å². The number of fused-ring (bicyclic) bond motifs is 4. The van der Waals surface area contributed by atoms with Crippen LogP contribution >= 0.6 is 11.8 Å². The quantitative estimate of drug-likeness (QED) is 0.596. The van der Waals surface area contributed by atoms with Gasteiger partial charge in [0.2, 0.25) is 5.43 Å². The van der Waals surface area contributed by atoms with Gasteiger partial charge < -0.3 is 14.7 Å². The number of aromatic nitrogens is 1. The average Bonchev–Trinajstić information content (AvgIpc) is 3.00. The van der Waals surface area contributed by atoms with Gasteiger partial charge in [-0.05, 0) is 23.3 Å². The Hall–Kier alpha value is -3.30. The van der Waals surface area contributed by atoms with Crippen molar-refractivity contribution in [1.82, 2.24) is 9.58 Å². The minimum atomic E-state index is -0.635. The number of hydrogen-bond donors (Lipinski definition) is 1. The molecule has 1 saturated heterocycles. The van der Waals surface area contributed by atoms with Gasteiger partial charge in [0.15, 0.2) is 11.4 Å². The molecule has 1 N–H and O–H groups in total. The monoisotopic (exact) mass is 465 g/mol. The molecule has 0 spiro atoms. The highest BCUT2D eigenvalue weighted by Gasteiger charge is 2.46. The number of nitrogens with zero attached hydrogens (tertiary/aromatic N) is 3. The summed E-state index contributed by atoms with van der Waals surface area (Å²) in [5, 5.41) is 12.5. The van der Waals surface area contributed by atoms with Gasteiger partial charge in [-0.1, -0.05) is 30.3 Å². The first kappa shape index (κ1) is 20.3. The lowest BCUT2D eigenvalue weighted by atomic mass is 9.93. The summed E-state index contributed by atoms with van der Waals surface area (Å²) < 4.78 is 22.8. The van der Waals surface area contributed by atoms with Gasteiger partial charge in [0.25, 0.3) is 5.91 Å². The number of thioether (sulfide) groups is 1. The third-order valence-corrected chi connectivity index (χ3v) is 7.59. The Labute approximate surface area is 193 Å². The molecule has 168 valence electrons. The molecule has 9 heteroatoms. The minimum Gasteiger partial charge on any atom is -0.502 e. The number of amides is 1. The molecular weight excluding hydrogens is 445 g/mol. The molecule has 0 bridgehead atoms. The largest absolute Gasteiger partial charge is 0.502 e. The van der Waals surface area contributed by atoms with Crippen molar-refractivity contribution in [2.24, 2.45) is 0 Å². The molecule has 0 radical (unpaired) electrons. The third-order valence-electron chi connectivity index (χ3n) is 6.45. The van der Waals surface area contributed by atoms with E-state index >= 15 is 4.39 Å². The number of halogens is 1. The summed E-state index contributed by atoms with van der Waals surface area (Å²) in [5.41, 5.74) is 1.50. The molecule has 1 amide bonds. The molecule has 2 atom stereocenters. The lowest BCUT2D eigenvalue weighted by Gasteiger charge is -2.51. The van der Waals surface area contributed by atoms with Crippen molar-refractivity contribution < 1.29 is 19.0 Å². The van der Waals surface area contributed by atoms with Gasteiger partial charge in [-0.15, -0.1) is 11.8 Å². The number of rotatable bonds is 1. The van der Waals surface area contributed by atoms with Crippen LogP contribution in [0.4, 0.5) is 4.39 Å². The molecule has 6 rings (SSSR count). The molecule has 3 aliphatic rings. The zero-order valence-electron chi connectivity index (χ0n) is 17.5. The summed E-state index contributed by atoms with van der Waals surface area (Å²) in [4.78, 5) is 28.2. The van der Waals surface area contributed by atoms with Crippen LogP contribution in [-0.4, -0.2) is 46.5 Å². The van der Waals surface area contributed by atoms with E-state index in [4.69, 9.17) is 4.74 Å². The van der Waals surface area contributed by atoms with E-state index in [9.17, 15) is 14.7 Å². The normalized spacial score (nSPS) is 21.5. The van der Waals surface area contributed by atoms with Gasteiger partial charge in [0.1, 0.15) is 18.0 Å². The van der Waals surface area contributed by atoms with Crippen LogP contribution in [0, 0.1) is 5.82 Å². The first-order valence-corrected chi connectivity index (χ1v) is 11.7. The molecule has 1 unspecified atom stereocenters. The summed E-state index contributed by atoms with van der Waals surface area (Å²) in [7, 11) is 0. The standard InChI is InChI=1S/C24H20FN3O4S/c25-16-6-3-4-14-13-33-18-7-2-1-5-15(18)21(20(14)16)28-19-12-32-11-10-26(19)24(31)22-23(30)17(29)8-9-27(22)28/h1-9,19,21,30H,10-13H2/t19?,21-/m1/s1. The first-order valence-electron chi connectivity index (χ1n) is 10.7. The molecule has 3 aliphatic heterocycles. The first-order chi connectivity index (χ1) is 16.1. The fourth-order valence-electron chi connectivity index (χ4n) is 4.97. The van der Waals surface area contributed by atoms with Crippen molar-refractivity contribution in [3.63, 3.8) is 0 Å². The molecule has 4 heterocycles. The van der Waals surface area contributed by atoms with E-state index in [0.29, 0.717) is 24.5 Å². The smallest absolute Gasteiger partial charge is 0.278 e. The maximum atomic E-state index is 15.5. The lowest BCUT2D eigenvalue weighted by Crippen LogP contribution is -2.66. The van der Waals surface area contributed by atoms with Crippen molar-refractivity contribution in [3.8, 4) is 5.75 Å². The Bertz CT molecular complexity index is 1340. The molecule has 3 aromatic rings. The Kier molecular flexibility index (Phi) is 4.70. The Balaban J connectivity index is 1.68. The van der Waals surface area contributed by atoms with E-state index in [2.05, 4.69) is 0 Å². The maximum Gasteiger partial charge on any atom is 0.278 e. The summed E-state index contributed by atoms with van der Waals surface area (Å²) in [5.74, 6) is -0.801. The number of ether oxygens (including phenoxy) is 1. The molecule has 33 heavy (non-hydrogen) atoms. The van der Waals surface area contributed by atoms with Gasteiger partial charge in [-0.25, -0.2) is 4.39 Å². The third kappa shape index (κ3) is 2.99. The summed E-state index contributed by atoms with van der Waals surface area (Å²) in [6.45, 7) is 0.861. The van der Waals surface area contributed by atoms with E-state index in [1.54, 1.807) is 22.7 Å². The Morgan fingerprint density at radius 3 is 2.82 bits per heavy atom. The number of aromatic hydroxyl groups is 1. The zero-order chi connectivity index (χ0) is 22.7. The van der Waals surface area contributed by atoms with Crippen LogP contribution in [0.1, 0.15) is 33.2 Å². The van der Waals surface area contributed by atoms with Crippen LogP contribution in [0.15, 0.2) is 64.4 Å². The second kappa shape index (κ2) is 7.64. The highest BCUT2D eigenvalue weighted by molar-refractivity contribution is 7.98. The summed E-state index contributed by atoms with van der Waals surface area (Å²) in [6, 6.07) is 13.5. The molecule has 1 fully saturated rings. The summed E-state index contributed by atoms with van der Waals surface area (Å²) >= 11 is 1.63. The fourth-order valence-corrected chi connectivity index (χ4v) is 6.05.